The lowest BCUT2D eigenvalue weighted by molar-refractivity contribution is -0.138. The van der Waals surface area contributed by atoms with Crippen molar-refractivity contribution in [2.24, 2.45) is 0 Å². The van der Waals surface area contributed by atoms with E-state index in [1.807, 2.05) is 6.92 Å². The Balaban J connectivity index is 2.18. The van der Waals surface area contributed by atoms with Crippen molar-refractivity contribution in [3.63, 3.8) is 0 Å². The Labute approximate surface area is 143 Å². The number of alkyl halides is 3. The van der Waals surface area contributed by atoms with Gasteiger partial charge in [0.25, 0.3) is 0 Å². The van der Waals surface area contributed by atoms with Crippen LogP contribution in [0.2, 0.25) is 0 Å². The third-order valence-electron chi connectivity index (χ3n) is 4.21. The number of hydrogen-bond acceptors (Lipinski definition) is 3. The monoisotopic (exact) mass is 359 g/mol. The summed E-state index contributed by atoms with van der Waals surface area (Å²) in [5, 5.41) is 8.59. The lowest BCUT2D eigenvalue weighted by Gasteiger charge is -2.36. The van der Waals surface area contributed by atoms with E-state index in [1.165, 1.54) is 11.0 Å². The summed E-state index contributed by atoms with van der Waals surface area (Å²) in [5.41, 5.74) is 0.146. The fourth-order valence-electron chi connectivity index (χ4n) is 2.93. The molecule has 0 spiro atoms. The number of carbonyl (C=O) groups is 2. The zero-order chi connectivity index (χ0) is 18.6. The predicted octanol–water partition coefficient (Wildman–Crippen LogP) is 4.24. The van der Waals surface area contributed by atoms with Gasteiger partial charge in [0.1, 0.15) is 0 Å². The van der Waals surface area contributed by atoms with Crippen molar-refractivity contribution in [1.82, 2.24) is 0 Å². The minimum absolute atomic E-state index is 0.0476. The number of fused-ring (bicyclic) bond motifs is 1. The summed E-state index contributed by atoms with van der Waals surface area (Å²) in [6, 6.07) is 3.18. The standard InChI is InChI=1S/C17H20F3NO4/c1-2-13-7-5-11-10-12(17(18,19)20)6-8-14(11)21(13)16(24)25-9-3-4-15(22)23/h6,8,10,13H,2-5,7,9H2,1H3,(H,22,23). The molecule has 1 aliphatic heterocycles. The van der Waals surface area contributed by atoms with Crippen LogP contribution in [0.25, 0.3) is 0 Å². The van der Waals surface area contributed by atoms with E-state index in [-0.39, 0.29) is 25.5 Å². The number of ether oxygens (including phenoxy) is 1. The second kappa shape index (κ2) is 7.76. The van der Waals surface area contributed by atoms with Gasteiger partial charge in [0.15, 0.2) is 0 Å². The molecule has 1 N–H and O–H groups in total. The molecule has 0 saturated heterocycles. The Morgan fingerprint density at radius 3 is 2.68 bits per heavy atom. The molecule has 1 aliphatic rings. The molecule has 0 radical (unpaired) electrons. The summed E-state index contributed by atoms with van der Waals surface area (Å²) >= 11 is 0. The maximum atomic E-state index is 12.9. The number of rotatable bonds is 5. The summed E-state index contributed by atoms with van der Waals surface area (Å²) in [4.78, 5) is 24.3. The first kappa shape index (κ1) is 19.1. The molecule has 8 heteroatoms. The minimum atomic E-state index is -4.43. The Kier molecular flexibility index (Phi) is 5.92. The molecule has 25 heavy (non-hydrogen) atoms. The lowest BCUT2D eigenvalue weighted by atomic mass is 9.93. The van der Waals surface area contributed by atoms with Crippen LogP contribution < -0.4 is 4.90 Å². The van der Waals surface area contributed by atoms with Crippen molar-refractivity contribution in [2.45, 2.75) is 51.2 Å². The number of carbonyl (C=O) groups excluding carboxylic acids is 1. The predicted molar refractivity (Wildman–Crippen MR) is 84.5 cm³/mol. The molecule has 0 bridgehead atoms. The highest BCUT2D eigenvalue weighted by Crippen LogP contribution is 2.37. The van der Waals surface area contributed by atoms with E-state index in [2.05, 4.69) is 0 Å². The number of anilines is 1. The molecule has 0 fully saturated rings. The van der Waals surface area contributed by atoms with Crippen LogP contribution >= 0.6 is 0 Å². The number of carboxylic acids is 1. The van der Waals surface area contributed by atoms with Crippen LogP contribution in [-0.4, -0.2) is 29.8 Å². The third kappa shape index (κ3) is 4.64. The number of aryl methyl sites for hydroxylation is 1. The van der Waals surface area contributed by atoms with E-state index in [4.69, 9.17) is 9.84 Å². The number of hydrogen-bond donors (Lipinski definition) is 1. The molecule has 2 rings (SSSR count). The SMILES string of the molecule is CCC1CCc2cc(C(F)(F)F)ccc2N1C(=O)OCCCC(=O)O. The molecule has 1 aromatic carbocycles. The molecule has 1 aromatic rings. The van der Waals surface area contributed by atoms with Crippen LogP contribution in [0.5, 0.6) is 0 Å². The Morgan fingerprint density at radius 2 is 2.08 bits per heavy atom. The number of amides is 1. The summed E-state index contributed by atoms with van der Waals surface area (Å²) < 4.78 is 43.7. The number of carboxylic acid groups (broad SMARTS) is 1. The van der Waals surface area contributed by atoms with Crippen LogP contribution in [0.3, 0.4) is 0 Å². The fraction of sp³-hybridized carbons (Fsp3) is 0.529. The van der Waals surface area contributed by atoms with E-state index in [0.717, 1.165) is 12.1 Å². The maximum Gasteiger partial charge on any atom is 0.416 e. The van der Waals surface area contributed by atoms with Crippen molar-refractivity contribution in [2.75, 3.05) is 11.5 Å². The molecule has 1 amide bonds. The van der Waals surface area contributed by atoms with Gasteiger partial charge in [-0.15, -0.1) is 0 Å². The normalized spacial score (nSPS) is 17.1. The van der Waals surface area contributed by atoms with Gasteiger partial charge in [-0.05, 0) is 49.4 Å². The second-order valence-corrected chi connectivity index (χ2v) is 5.92. The van der Waals surface area contributed by atoms with Gasteiger partial charge in [0.05, 0.1) is 17.9 Å². The van der Waals surface area contributed by atoms with Crippen LogP contribution in [-0.2, 0) is 22.1 Å². The quantitative estimate of drug-likeness (QED) is 0.799. The summed E-state index contributed by atoms with van der Waals surface area (Å²) in [6.45, 7) is 1.85. The smallest absolute Gasteiger partial charge is 0.416 e. The van der Waals surface area contributed by atoms with Crippen LogP contribution in [0.15, 0.2) is 18.2 Å². The van der Waals surface area contributed by atoms with Crippen LogP contribution in [0, 0.1) is 0 Å². The summed E-state index contributed by atoms with van der Waals surface area (Å²) in [7, 11) is 0. The van der Waals surface area contributed by atoms with Gasteiger partial charge in [-0.1, -0.05) is 6.92 Å². The van der Waals surface area contributed by atoms with Crippen molar-refractivity contribution in [1.29, 1.82) is 0 Å². The van der Waals surface area contributed by atoms with E-state index in [0.29, 0.717) is 30.5 Å². The maximum absolute atomic E-state index is 12.9. The third-order valence-corrected chi connectivity index (χ3v) is 4.21. The van der Waals surface area contributed by atoms with E-state index in [9.17, 15) is 22.8 Å². The number of aliphatic carboxylic acids is 1. The zero-order valence-electron chi connectivity index (χ0n) is 13.8. The first-order valence-electron chi connectivity index (χ1n) is 8.12. The van der Waals surface area contributed by atoms with Crippen LogP contribution in [0.4, 0.5) is 23.7 Å². The molecule has 1 heterocycles. The highest BCUT2D eigenvalue weighted by atomic mass is 19.4. The van der Waals surface area contributed by atoms with E-state index >= 15 is 0 Å². The van der Waals surface area contributed by atoms with Crippen LogP contribution in [0.1, 0.15) is 43.7 Å². The highest BCUT2D eigenvalue weighted by molar-refractivity contribution is 5.90. The molecule has 5 nitrogen and oxygen atoms in total. The second-order valence-electron chi connectivity index (χ2n) is 5.92. The number of benzene rings is 1. The molecular weight excluding hydrogens is 339 g/mol. The topological polar surface area (TPSA) is 66.8 Å². The Morgan fingerprint density at radius 1 is 1.36 bits per heavy atom. The average molecular weight is 359 g/mol. The summed E-state index contributed by atoms with van der Waals surface area (Å²) in [6.07, 6.45) is -3.36. The molecular formula is C17H20F3NO4. The average Bonchev–Trinajstić information content (AvgIpc) is 2.55. The number of nitrogens with zero attached hydrogens (tertiary/aromatic N) is 1. The van der Waals surface area contributed by atoms with Gasteiger partial charge in [0, 0.05) is 12.5 Å². The minimum Gasteiger partial charge on any atom is -0.481 e. The van der Waals surface area contributed by atoms with Crippen molar-refractivity contribution >= 4 is 17.7 Å². The highest BCUT2D eigenvalue weighted by Gasteiger charge is 2.35. The van der Waals surface area contributed by atoms with Crippen molar-refractivity contribution in [3.05, 3.63) is 29.3 Å². The van der Waals surface area contributed by atoms with Gasteiger partial charge < -0.3 is 9.84 Å². The van der Waals surface area contributed by atoms with Gasteiger partial charge in [-0.25, -0.2) is 4.79 Å². The molecule has 0 aromatic heterocycles. The van der Waals surface area contributed by atoms with Gasteiger partial charge in [-0.3, -0.25) is 9.69 Å². The van der Waals surface area contributed by atoms with Crippen molar-refractivity contribution in [3.8, 4) is 0 Å². The fourth-order valence-corrected chi connectivity index (χ4v) is 2.93. The van der Waals surface area contributed by atoms with Gasteiger partial charge in [-0.2, -0.15) is 13.2 Å². The van der Waals surface area contributed by atoms with E-state index in [1.54, 1.807) is 0 Å². The first-order valence-corrected chi connectivity index (χ1v) is 8.12. The largest absolute Gasteiger partial charge is 0.481 e. The van der Waals surface area contributed by atoms with Gasteiger partial charge in [0.2, 0.25) is 0 Å². The molecule has 1 unspecified atom stereocenters. The molecule has 0 saturated carbocycles. The Hall–Kier alpha value is -2.25. The first-order chi connectivity index (χ1) is 11.7. The zero-order valence-corrected chi connectivity index (χ0v) is 13.8. The van der Waals surface area contributed by atoms with Gasteiger partial charge >= 0.3 is 18.2 Å². The molecule has 0 aliphatic carbocycles. The Bertz CT molecular complexity index is 645. The molecule has 1 atom stereocenters. The number of halogens is 3. The molecule has 138 valence electrons. The lowest BCUT2D eigenvalue weighted by Crippen LogP contribution is -2.44. The van der Waals surface area contributed by atoms with Crippen molar-refractivity contribution < 1.29 is 32.6 Å². The summed E-state index contributed by atoms with van der Waals surface area (Å²) in [5.74, 6) is -0.981. The van der Waals surface area contributed by atoms with E-state index < -0.39 is 23.8 Å².